The summed E-state index contributed by atoms with van der Waals surface area (Å²) in [4.78, 5) is 24.3. The molecule has 5 heteroatoms. The third-order valence-corrected chi connectivity index (χ3v) is 2.84. The molecule has 1 rings (SSSR count). The van der Waals surface area contributed by atoms with Crippen LogP contribution in [-0.4, -0.2) is 35.7 Å². The molecule has 0 spiro atoms. The molecule has 0 N–H and O–H groups in total. The van der Waals surface area contributed by atoms with Crippen LogP contribution in [-0.2, 0) is 9.53 Å². The van der Waals surface area contributed by atoms with Gasteiger partial charge in [-0.2, -0.15) is 0 Å². The number of carbonyl (C=O) groups is 2. The molecule has 1 saturated heterocycles. The van der Waals surface area contributed by atoms with Crippen molar-refractivity contribution in [1.82, 2.24) is 4.90 Å². The summed E-state index contributed by atoms with van der Waals surface area (Å²) >= 11 is 0. The molecule has 0 radical (unpaired) electrons. The van der Waals surface area contributed by atoms with Crippen LogP contribution in [0.3, 0.4) is 0 Å². The topological polar surface area (TPSA) is 69.7 Å². The normalized spacial score (nSPS) is 25.5. The zero-order valence-electron chi connectivity index (χ0n) is 10.9. The summed E-state index contributed by atoms with van der Waals surface area (Å²) in [6.45, 7) is 7.66. The van der Waals surface area contributed by atoms with Crippen molar-refractivity contribution in [1.29, 1.82) is 0 Å². The van der Waals surface area contributed by atoms with E-state index in [2.05, 4.69) is 0 Å². The molecular weight excluding hydrogens is 222 g/mol. The number of likely N-dealkylation sites (tertiary alicyclic amines) is 1. The van der Waals surface area contributed by atoms with Gasteiger partial charge in [-0.3, -0.25) is 0 Å². The molecule has 0 aromatic carbocycles. The van der Waals surface area contributed by atoms with Crippen LogP contribution in [0, 0.1) is 5.41 Å². The molecule has 0 unspecified atom stereocenters. The van der Waals surface area contributed by atoms with E-state index in [0.29, 0.717) is 19.4 Å². The van der Waals surface area contributed by atoms with Crippen molar-refractivity contribution in [2.45, 2.75) is 46.1 Å². The quantitative estimate of drug-likeness (QED) is 0.681. The fourth-order valence-electron chi connectivity index (χ4n) is 1.89. The summed E-state index contributed by atoms with van der Waals surface area (Å²) in [5, 5.41) is 11.0. The number of aliphatic carboxylic acids is 1. The van der Waals surface area contributed by atoms with Gasteiger partial charge in [0.1, 0.15) is 5.60 Å². The maximum Gasteiger partial charge on any atom is 0.410 e. The molecule has 0 aromatic rings. The molecular formula is C12H20NO4-. The van der Waals surface area contributed by atoms with E-state index in [1.54, 1.807) is 27.7 Å². The largest absolute Gasteiger partial charge is 0.549 e. The van der Waals surface area contributed by atoms with Gasteiger partial charge >= 0.3 is 6.09 Å². The van der Waals surface area contributed by atoms with Crippen molar-refractivity contribution in [3.63, 3.8) is 0 Å². The van der Waals surface area contributed by atoms with Crippen LogP contribution in [0.4, 0.5) is 4.79 Å². The Morgan fingerprint density at radius 1 is 1.35 bits per heavy atom. The number of piperidine rings is 1. The number of carboxylic acid groups (broad SMARTS) is 1. The third-order valence-electron chi connectivity index (χ3n) is 2.84. The molecule has 0 aliphatic carbocycles. The van der Waals surface area contributed by atoms with E-state index in [-0.39, 0.29) is 6.54 Å². The first-order valence-corrected chi connectivity index (χ1v) is 5.83. The van der Waals surface area contributed by atoms with Gasteiger partial charge in [-0.05, 0) is 33.6 Å². The highest BCUT2D eigenvalue weighted by atomic mass is 16.6. The molecule has 1 aliphatic rings. The standard InChI is InChI=1S/C12H21NO4/c1-11(2,3)17-10(16)13-7-5-6-12(4,8-13)9(14)15/h5-8H2,1-4H3,(H,14,15)/p-1/t12-/m1/s1. The first-order chi connectivity index (χ1) is 7.64. The van der Waals surface area contributed by atoms with Gasteiger partial charge in [0, 0.05) is 24.5 Å². The predicted octanol–water partition coefficient (Wildman–Crippen LogP) is 0.773. The fraction of sp³-hybridized carbons (Fsp3) is 0.833. The van der Waals surface area contributed by atoms with E-state index >= 15 is 0 Å². The van der Waals surface area contributed by atoms with Gasteiger partial charge in [0.15, 0.2) is 0 Å². The molecule has 1 heterocycles. The summed E-state index contributed by atoms with van der Waals surface area (Å²) in [5.74, 6) is -1.11. The molecule has 0 saturated carbocycles. The minimum Gasteiger partial charge on any atom is -0.549 e. The van der Waals surface area contributed by atoms with E-state index in [1.165, 1.54) is 4.90 Å². The molecule has 0 aromatic heterocycles. The molecule has 1 fully saturated rings. The zero-order valence-corrected chi connectivity index (χ0v) is 10.9. The average molecular weight is 242 g/mol. The van der Waals surface area contributed by atoms with Crippen LogP contribution in [0.2, 0.25) is 0 Å². The lowest BCUT2D eigenvalue weighted by Gasteiger charge is -2.41. The maximum absolute atomic E-state index is 11.8. The number of ether oxygens (including phenoxy) is 1. The molecule has 5 nitrogen and oxygen atoms in total. The Morgan fingerprint density at radius 3 is 2.41 bits per heavy atom. The number of amides is 1. The van der Waals surface area contributed by atoms with E-state index in [1.807, 2.05) is 0 Å². The van der Waals surface area contributed by atoms with Crippen LogP contribution in [0.25, 0.3) is 0 Å². The Hall–Kier alpha value is -1.26. The van der Waals surface area contributed by atoms with Gasteiger partial charge in [-0.1, -0.05) is 6.92 Å². The highest BCUT2D eigenvalue weighted by Crippen LogP contribution is 2.29. The van der Waals surface area contributed by atoms with Gasteiger partial charge in [0.2, 0.25) is 0 Å². The second kappa shape index (κ2) is 4.55. The number of hydrogen-bond acceptors (Lipinski definition) is 4. The number of carboxylic acids is 1. The molecule has 98 valence electrons. The maximum atomic E-state index is 11.8. The van der Waals surface area contributed by atoms with E-state index in [9.17, 15) is 14.7 Å². The number of nitrogens with zero attached hydrogens (tertiary/aromatic N) is 1. The lowest BCUT2D eigenvalue weighted by molar-refractivity contribution is -0.320. The Balaban J connectivity index is 2.67. The van der Waals surface area contributed by atoms with Crippen LogP contribution in [0.1, 0.15) is 40.5 Å². The number of rotatable bonds is 1. The van der Waals surface area contributed by atoms with Crippen molar-refractivity contribution < 1.29 is 19.4 Å². The molecule has 0 bridgehead atoms. The molecule has 1 aliphatic heterocycles. The van der Waals surface area contributed by atoms with Crippen LogP contribution >= 0.6 is 0 Å². The molecule has 17 heavy (non-hydrogen) atoms. The molecule has 1 amide bonds. The van der Waals surface area contributed by atoms with Crippen LogP contribution < -0.4 is 5.11 Å². The van der Waals surface area contributed by atoms with Gasteiger partial charge < -0.3 is 19.5 Å². The lowest BCUT2D eigenvalue weighted by atomic mass is 9.82. The minimum atomic E-state index is -1.11. The first-order valence-electron chi connectivity index (χ1n) is 5.83. The summed E-state index contributed by atoms with van der Waals surface area (Å²) < 4.78 is 5.22. The third kappa shape index (κ3) is 3.61. The zero-order chi connectivity index (χ0) is 13.3. The smallest absolute Gasteiger partial charge is 0.410 e. The van der Waals surface area contributed by atoms with Crippen LogP contribution in [0.15, 0.2) is 0 Å². The predicted molar refractivity (Wildman–Crippen MR) is 60.2 cm³/mol. The Kier molecular flexibility index (Phi) is 3.69. The Labute approximate surface area is 102 Å². The monoisotopic (exact) mass is 242 g/mol. The Bertz CT molecular complexity index is 321. The van der Waals surface area contributed by atoms with E-state index in [0.717, 1.165) is 0 Å². The summed E-state index contributed by atoms with van der Waals surface area (Å²) in [7, 11) is 0. The second-order valence-electron chi connectivity index (χ2n) is 5.85. The number of hydrogen-bond donors (Lipinski definition) is 0. The van der Waals surface area contributed by atoms with Gasteiger partial charge in [-0.15, -0.1) is 0 Å². The van der Waals surface area contributed by atoms with E-state index < -0.39 is 23.1 Å². The minimum absolute atomic E-state index is 0.157. The average Bonchev–Trinajstić information content (AvgIpc) is 2.15. The SMILES string of the molecule is CC(C)(C)OC(=O)N1CCC[C@@](C)(C(=O)[O-])C1. The van der Waals surface area contributed by atoms with Crippen molar-refractivity contribution >= 4 is 12.1 Å². The summed E-state index contributed by atoms with van der Waals surface area (Å²) in [6.07, 6.45) is 0.739. The van der Waals surface area contributed by atoms with Gasteiger partial charge in [-0.25, -0.2) is 4.79 Å². The van der Waals surface area contributed by atoms with Crippen molar-refractivity contribution in [2.24, 2.45) is 5.41 Å². The molecule has 1 atom stereocenters. The van der Waals surface area contributed by atoms with Gasteiger partial charge in [0.05, 0.1) is 0 Å². The van der Waals surface area contributed by atoms with E-state index in [4.69, 9.17) is 4.74 Å². The summed E-state index contributed by atoms with van der Waals surface area (Å²) in [6, 6.07) is 0. The summed E-state index contributed by atoms with van der Waals surface area (Å²) in [5.41, 5.74) is -1.53. The fourth-order valence-corrected chi connectivity index (χ4v) is 1.89. The van der Waals surface area contributed by atoms with Crippen molar-refractivity contribution in [3.05, 3.63) is 0 Å². The van der Waals surface area contributed by atoms with Crippen molar-refractivity contribution in [2.75, 3.05) is 13.1 Å². The van der Waals surface area contributed by atoms with Crippen molar-refractivity contribution in [3.8, 4) is 0 Å². The Morgan fingerprint density at radius 2 is 1.94 bits per heavy atom. The first kappa shape index (κ1) is 13.8. The highest BCUT2D eigenvalue weighted by Gasteiger charge is 2.35. The number of carbonyl (C=O) groups excluding carboxylic acids is 2. The second-order valence-corrected chi connectivity index (χ2v) is 5.85. The lowest BCUT2D eigenvalue weighted by Crippen LogP contribution is -2.53. The van der Waals surface area contributed by atoms with Crippen LogP contribution in [0.5, 0.6) is 0 Å². The highest BCUT2D eigenvalue weighted by molar-refractivity contribution is 5.75. The van der Waals surface area contributed by atoms with Gasteiger partial charge in [0.25, 0.3) is 0 Å².